The Balaban J connectivity index is 1.36. The summed E-state index contributed by atoms with van der Waals surface area (Å²) in [4.78, 5) is 16.5. The number of nitrogens with zero attached hydrogens (tertiary/aromatic N) is 2. The first kappa shape index (κ1) is 28.1. The van der Waals surface area contributed by atoms with Crippen LogP contribution in [0.4, 0.5) is 0 Å². The number of imidazole rings is 1. The van der Waals surface area contributed by atoms with Gasteiger partial charge in [-0.25, -0.2) is 4.98 Å². The summed E-state index contributed by atoms with van der Waals surface area (Å²) in [5, 5.41) is 0. The molecular weight excluding hydrogens is 420 g/mol. The molecule has 2 aromatic rings. The van der Waals surface area contributed by atoms with Crippen LogP contribution < -0.4 is 0 Å². The molecule has 0 radical (unpaired) electrons. The molecule has 0 unspecified atom stereocenters. The molecule has 1 heterocycles. The van der Waals surface area contributed by atoms with Crippen LogP contribution in [-0.2, 0) is 16.1 Å². The lowest BCUT2D eigenvalue weighted by molar-refractivity contribution is -0.144. The van der Waals surface area contributed by atoms with E-state index in [-0.39, 0.29) is 5.97 Å². The first-order valence-corrected chi connectivity index (χ1v) is 14.0. The minimum absolute atomic E-state index is 0.117. The smallest absolute Gasteiger partial charge is 0.307 e. The van der Waals surface area contributed by atoms with Gasteiger partial charge in [-0.15, -0.1) is 0 Å². The standard InChI is InChI=1S/C30H48N2O2/c1-2-3-4-5-6-7-8-9-10-11-12-13-14-15-16-20-27-34-29(33)23-25-32-26-24-31-30(32)28-21-18-17-19-22-28/h17-19,21-22,24,26H,2-16,20,23,25,27H2,1H3. The van der Waals surface area contributed by atoms with Gasteiger partial charge in [-0.05, 0) is 6.42 Å². The SMILES string of the molecule is CCCCCCCCCCCCCCCCCCOC(=O)CCn1ccnc1-c1ccccc1. The maximum atomic E-state index is 12.1. The number of aryl methyl sites for hydroxylation is 1. The van der Waals surface area contributed by atoms with Crippen molar-refractivity contribution in [2.75, 3.05) is 6.61 Å². The number of rotatable bonds is 21. The third kappa shape index (κ3) is 13.0. The second-order valence-corrected chi connectivity index (χ2v) is 9.58. The summed E-state index contributed by atoms with van der Waals surface area (Å²) < 4.78 is 7.45. The second kappa shape index (κ2) is 19.2. The van der Waals surface area contributed by atoms with Gasteiger partial charge >= 0.3 is 5.97 Å². The summed E-state index contributed by atoms with van der Waals surface area (Å²) in [5.41, 5.74) is 1.06. The van der Waals surface area contributed by atoms with Crippen molar-refractivity contribution in [3.63, 3.8) is 0 Å². The van der Waals surface area contributed by atoms with Crippen molar-refractivity contribution in [1.82, 2.24) is 9.55 Å². The van der Waals surface area contributed by atoms with Gasteiger partial charge in [0.25, 0.3) is 0 Å². The first-order valence-electron chi connectivity index (χ1n) is 14.0. The molecule has 0 spiro atoms. The Bertz CT molecular complexity index is 741. The van der Waals surface area contributed by atoms with Gasteiger partial charge in [0.05, 0.1) is 13.0 Å². The van der Waals surface area contributed by atoms with E-state index in [1.165, 1.54) is 89.9 Å². The van der Waals surface area contributed by atoms with Gasteiger partial charge in [0, 0.05) is 24.5 Å². The van der Waals surface area contributed by atoms with E-state index >= 15 is 0 Å². The average Bonchev–Trinajstić information content (AvgIpc) is 3.34. The molecule has 2 rings (SSSR count). The number of unbranched alkanes of at least 4 members (excludes halogenated alkanes) is 15. The zero-order valence-corrected chi connectivity index (χ0v) is 21.7. The van der Waals surface area contributed by atoms with E-state index in [0.29, 0.717) is 19.6 Å². The van der Waals surface area contributed by atoms with Crippen LogP contribution in [-0.4, -0.2) is 22.1 Å². The van der Waals surface area contributed by atoms with Crippen LogP contribution in [0.3, 0.4) is 0 Å². The van der Waals surface area contributed by atoms with Gasteiger partial charge in [-0.1, -0.05) is 134 Å². The molecule has 0 atom stereocenters. The molecule has 0 saturated carbocycles. The molecule has 0 N–H and O–H groups in total. The topological polar surface area (TPSA) is 44.1 Å². The minimum atomic E-state index is -0.117. The highest BCUT2D eigenvalue weighted by Crippen LogP contribution is 2.17. The molecule has 0 aliphatic carbocycles. The molecular formula is C30H48N2O2. The van der Waals surface area contributed by atoms with E-state index in [9.17, 15) is 4.79 Å². The summed E-state index contributed by atoms with van der Waals surface area (Å²) in [6.07, 6.45) is 25.7. The maximum absolute atomic E-state index is 12.1. The van der Waals surface area contributed by atoms with Crippen molar-refractivity contribution >= 4 is 5.97 Å². The summed E-state index contributed by atoms with van der Waals surface area (Å²) in [6, 6.07) is 10.1. The van der Waals surface area contributed by atoms with Crippen molar-refractivity contribution in [1.29, 1.82) is 0 Å². The molecule has 0 bridgehead atoms. The number of ether oxygens (including phenoxy) is 1. The number of aromatic nitrogens is 2. The van der Waals surface area contributed by atoms with Gasteiger partial charge < -0.3 is 9.30 Å². The third-order valence-corrected chi connectivity index (χ3v) is 6.57. The molecule has 0 fully saturated rings. The highest BCUT2D eigenvalue weighted by Gasteiger charge is 2.08. The fourth-order valence-electron chi connectivity index (χ4n) is 4.46. The van der Waals surface area contributed by atoms with Crippen molar-refractivity contribution in [2.24, 2.45) is 0 Å². The first-order chi connectivity index (χ1) is 16.8. The predicted octanol–water partition coefficient (Wildman–Crippen LogP) is 8.74. The van der Waals surface area contributed by atoms with Gasteiger partial charge in [0.1, 0.15) is 5.82 Å². The Morgan fingerprint density at radius 3 is 1.85 bits per heavy atom. The monoisotopic (exact) mass is 468 g/mol. The molecule has 1 aromatic carbocycles. The number of carbonyl (C=O) groups excluding carboxylic acids is 1. The van der Waals surface area contributed by atoms with Crippen molar-refractivity contribution in [3.8, 4) is 11.4 Å². The van der Waals surface area contributed by atoms with Crippen molar-refractivity contribution in [3.05, 3.63) is 42.7 Å². The Morgan fingerprint density at radius 1 is 0.765 bits per heavy atom. The molecule has 1 aromatic heterocycles. The van der Waals surface area contributed by atoms with Crippen LogP contribution in [0.15, 0.2) is 42.7 Å². The molecule has 0 amide bonds. The van der Waals surface area contributed by atoms with Gasteiger partial charge in [-0.2, -0.15) is 0 Å². The summed E-state index contributed by atoms with van der Waals surface area (Å²) >= 11 is 0. The van der Waals surface area contributed by atoms with Gasteiger partial charge in [0.2, 0.25) is 0 Å². The molecule has 0 aliphatic heterocycles. The second-order valence-electron chi connectivity index (χ2n) is 9.58. The van der Waals surface area contributed by atoms with E-state index in [1.807, 2.05) is 41.1 Å². The van der Waals surface area contributed by atoms with Crippen LogP contribution in [0.1, 0.15) is 116 Å². The Morgan fingerprint density at radius 2 is 1.29 bits per heavy atom. The number of esters is 1. The van der Waals surface area contributed by atoms with E-state index in [1.54, 1.807) is 6.20 Å². The lowest BCUT2D eigenvalue weighted by atomic mass is 10.0. The van der Waals surface area contributed by atoms with Gasteiger partial charge in [0.15, 0.2) is 0 Å². The minimum Gasteiger partial charge on any atom is -0.466 e. The molecule has 4 heteroatoms. The van der Waals surface area contributed by atoms with Crippen LogP contribution in [0.25, 0.3) is 11.4 Å². The van der Waals surface area contributed by atoms with Crippen LogP contribution in [0, 0.1) is 0 Å². The van der Waals surface area contributed by atoms with Crippen molar-refractivity contribution < 1.29 is 9.53 Å². The van der Waals surface area contributed by atoms with E-state index in [2.05, 4.69) is 11.9 Å². The highest BCUT2D eigenvalue weighted by atomic mass is 16.5. The molecule has 0 saturated heterocycles. The normalized spacial score (nSPS) is 11.1. The quantitative estimate of drug-likeness (QED) is 0.136. The molecule has 0 aliphatic rings. The molecule has 4 nitrogen and oxygen atoms in total. The zero-order valence-electron chi connectivity index (χ0n) is 21.7. The molecule has 190 valence electrons. The summed E-state index contributed by atoms with van der Waals surface area (Å²) in [5.74, 6) is 0.778. The highest BCUT2D eigenvalue weighted by molar-refractivity contribution is 5.69. The zero-order chi connectivity index (χ0) is 24.1. The summed E-state index contributed by atoms with van der Waals surface area (Å²) in [7, 11) is 0. The fourth-order valence-corrected chi connectivity index (χ4v) is 4.46. The maximum Gasteiger partial charge on any atom is 0.307 e. The Labute approximate surface area is 208 Å². The third-order valence-electron chi connectivity index (χ3n) is 6.57. The van der Waals surface area contributed by atoms with Crippen LogP contribution in [0.5, 0.6) is 0 Å². The average molecular weight is 469 g/mol. The Hall–Kier alpha value is -2.10. The Kier molecular flexibility index (Phi) is 15.9. The molecule has 34 heavy (non-hydrogen) atoms. The summed E-state index contributed by atoms with van der Waals surface area (Å²) in [6.45, 7) is 3.43. The van der Waals surface area contributed by atoms with Crippen molar-refractivity contribution in [2.45, 2.75) is 123 Å². The fraction of sp³-hybridized carbons (Fsp3) is 0.667. The lowest BCUT2D eigenvalue weighted by Crippen LogP contribution is -2.10. The lowest BCUT2D eigenvalue weighted by Gasteiger charge is -2.08. The predicted molar refractivity (Wildman–Crippen MR) is 143 cm³/mol. The number of carbonyl (C=O) groups is 1. The number of hydrogen-bond acceptors (Lipinski definition) is 3. The van der Waals surface area contributed by atoms with E-state index in [4.69, 9.17) is 4.74 Å². The van der Waals surface area contributed by atoms with E-state index in [0.717, 1.165) is 24.2 Å². The van der Waals surface area contributed by atoms with Crippen LogP contribution >= 0.6 is 0 Å². The number of benzene rings is 1. The van der Waals surface area contributed by atoms with Crippen LogP contribution in [0.2, 0.25) is 0 Å². The van der Waals surface area contributed by atoms with E-state index < -0.39 is 0 Å². The number of hydrogen-bond donors (Lipinski definition) is 0. The largest absolute Gasteiger partial charge is 0.466 e. The van der Waals surface area contributed by atoms with Gasteiger partial charge in [-0.3, -0.25) is 4.79 Å².